The first-order chi connectivity index (χ1) is 18.8. The van der Waals surface area contributed by atoms with Crippen LogP contribution in [0.1, 0.15) is 29.3 Å². The average molecular weight is 528 g/mol. The first-order valence-electron chi connectivity index (χ1n) is 13.5. The zero-order valence-electron chi connectivity index (χ0n) is 22.7. The number of primary amides is 1. The third kappa shape index (κ3) is 4.61. The number of H-pyrrole nitrogens is 1. The van der Waals surface area contributed by atoms with Crippen LogP contribution < -0.4 is 15.5 Å². The molecule has 2 aromatic carbocycles. The number of nitrogens with two attached hydrogens (primary N) is 1. The maximum absolute atomic E-state index is 14.4. The number of piperazine rings is 1. The molecule has 0 unspecified atom stereocenters. The summed E-state index contributed by atoms with van der Waals surface area (Å²) in [6.07, 6.45) is 2.76. The van der Waals surface area contributed by atoms with E-state index < -0.39 is 0 Å². The Morgan fingerprint density at radius 1 is 1.10 bits per heavy atom. The third-order valence-electron chi connectivity index (χ3n) is 8.19. The zero-order valence-corrected chi connectivity index (χ0v) is 22.7. The number of halogens is 1. The minimum absolute atomic E-state index is 0.140. The molecule has 39 heavy (non-hydrogen) atoms. The molecule has 1 fully saturated rings. The fourth-order valence-corrected chi connectivity index (χ4v) is 6.09. The van der Waals surface area contributed by atoms with Crippen molar-refractivity contribution in [2.75, 3.05) is 42.5 Å². The van der Waals surface area contributed by atoms with E-state index in [-0.39, 0.29) is 24.3 Å². The molecule has 8 nitrogen and oxygen atoms in total. The number of fused-ring (bicyclic) bond motifs is 2. The number of nitrogens with one attached hydrogen (secondary N) is 1. The van der Waals surface area contributed by atoms with Crippen LogP contribution in [0.5, 0.6) is 0 Å². The Kier molecular flexibility index (Phi) is 6.46. The summed E-state index contributed by atoms with van der Waals surface area (Å²) in [7, 11) is 0. The molecule has 9 heteroatoms. The molecule has 1 amide bonds. The van der Waals surface area contributed by atoms with E-state index in [1.165, 1.54) is 6.07 Å². The molecule has 4 heterocycles. The van der Waals surface area contributed by atoms with Crippen molar-refractivity contribution >= 4 is 28.3 Å². The predicted octanol–water partition coefficient (Wildman–Crippen LogP) is 3.94. The fourth-order valence-electron chi connectivity index (χ4n) is 6.09. The van der Waals surface area contributed by atoms with E-state index in [0.29, 0.717) is 12.1 Å². The molecule has 4 aromatic rings. The lowest BCUT2D eigenvalue weighted by atomic mass is 10.0. The summed E-state index contributed by atoms with van der Waals surface area (Å²) in [4.78, 5) is 32.0. The highest BCUT2D eigenvalue weighted by atomic mass is 19.1. The largest absolute Gasteiger partial charge is 0.369 e. The molecule has 1 atom stereocenters. The number of amides is 1. The Labute approximate surface area is 227 Å². The Morgan fingerprint density at radius 3 is 2.72 bits per heavy atom. The number of anilines is 2. The van der Waals surface area contributed by atoms with Crippen LogP contribution in [0.2, 0.25) is 0 Å². The second kappa shape index (κ2) is 9.96. The quantitative estimate of drug-likeness (QED) is 0.408. The molecule has 0 radical (unpaired) electrons. The number of nitrogens with zero attached hydrogens (tertiary/aromatic N) is 5. The van der Waals surface area contributed by atoms with Crippen LogP contribution in [0.25, 0.3) is 22.3 Å². The smallest absolute Gasteiger partial charge is 0.231 e. The second-order valence-corrected chi connectivity index (χ2v) is 10.8. The summed E-state index contributed by atoms with van der Waals surface area (Å²) in [6.45, 7) is 9.84. The van der Waals surface area contributed by atoms with Crippen LogP contribution in [0.4, 0.5) is 15.9 Å². The molecule has 2 aliphatic rings. The molecular formula is C30H34FN7O. The number of rotatable bonds is 5. The molecule has 202 valence electrons. The number of hydrogen-bond donors (Lipinski definition) is 2. The fraction of sp³-hybridized carbons (Fsp3) is 0.367. The van der Waals surface area contributed by atoms with Crippen molar-refractivity contribution in [2.24, 2.45) is 5.73 Å². The molecule has 0 spiro atoms. The van der Waals surface area contributed by atoms with Crippen LogP contribution in [-0.4, -0.2) is 64.5 Å². The highest BCUT2D eigenvalue weighted by molar-refractivity contribution is 5.96. The van der Waals surface area contributed by atoms with Gasteiger partial charge < -0.3 is 20.5 Å². The molecule has 0 aliphatic carbocycles. The standard InChI is InChI=1S/C30H34FN7O/c1-18-14-33-25-8-4-6-21(28(18)25)29-34-24-10-11-37(26-9-5-7-23(31)20(26)3)16-22(24)30(35-29)38-13-12-36(17-27(32)39)19(2)15-38/h4-9,14,19,33H,10-13,15-17H2,1-3H3,(H2,32,39)/t19-/m1/s1. The third-order valence-corrected chi connectivity index (χ3v) is 8.19. The zero-order chi connectivity index (χ0) is 27.3. The van der Waals surface area contributed by atoms with E-state index in [2.05, 4.69) is 45.7 Å². The van der Waals surface area contributed by atoms with Crippen molar-refractivity contribution in [1.29, 1.82) is 0 Å². The van der Waals surface area contributed by atoms with Crippen molar-refractivity contribution in [3.05, 3.63) is 70.8 Å². The number of aromatic amines is 1. The van der Waals surface area contributed by atoms with Gasteiger partial charge in [-0.1, -0.05) is 18.2 Å². The topological polar surface area (TPSA) is 94.4 Å². The maximum atomic E-state index is 14.4. The number of carbonyl (C=O) groups excluding carboxylic acids is 1. The first-order valence-corrected chi connectivity index (χ1v) is 13.5. The van der Waals surface area contributed by atoms with Crippen molar-refractivity contribution in [3.8, 4) is 11.4 Å². The van der Waals surface area contributed by atoms with E-state index in [9.17, 15) is 9.18 Å². The number of aromatic nitrogens is 3. The van der Waals surface area contributed by atoms with Crippen molar-refractivity contribution < 1.29 is 9.18 Å². The summed E-state index contributed by atoms with van der Waals surface area (Å²) in [6, 6.07) is 11.6. The monoisotopic (exact) mass is 527 g/mol. The van der Waals surface area contributed by atoms with E-state index in [1.54, 1.807) is 6.07 Å². The summed E-state index contributed by atoms with van der Waals surface area (Å²) < 4.78 is 14.4. The molecule has 0 bridgehead atoms. The first kappa shape index (κ1) is 25.3. The van der Waals surface area contributed by atoms with Crippen LogP contribution in [0, 0.1) is 19.7 Å². The van der Waals surface area contributed by atoms with Gasteiger partial charge in [-0.15, -0.1) is 0 Å². The molecule has 2 aliphatic heterocycles. The summed E-state index contributed by atoms with van der Waals surface area (Å²) in [5.41, 5.74) is 12.4. The molecular weight excluding hydrogens is 493 g/mol. The van der Waals surface area contributed by atoms with Gasteiger partial charge in [0.15, 0.2) is 5.82 Å². The molecule has 1 saturated heterocycles. The maximum Gasteiger partial charge on any atom is 0.231 e. The number of carbonyl (C=O) groups is 1. The van der Waals surface area contributed by atoms with Gasteiger partial charge >= 0.3 is 0 Å². The summed E-state index contributed by atoms with van der Waals surface area (Å²) in [5, 5.41) is 1.14. The lowest BCUT2D eigenvalue weighted by Gasteiger charge is -2.41. The molecule has 0 saturated carbocycles. The van der Waals surface area contributed by atoms with Gasteiger partial charge in [0, 0.05) is 84.7 Å². The second-order valence-electron chi connectivity index (χ2n) is 10.8. The number of hydrogen-bond acceptors (Lipinski definition) is 6. The summed E-state index contributed by atoms with van der Waals surface area (Å²) in [5.74, 6) is 1.14. The Morgan fingerprint density at radius 2 is 1.92 bits per heavy atom. The highest BCUT2D eigenvalue weighted by Crippen LogP contribution is 2.36. The van der Waals surface area contributed by atoms with Gasteiger partial charge in [-0.25, -0.2) is 14.4 Å². The van der Waals surface area contributed by atoms with Gasteiger partial charge in [0.25, 0.3) is 0 Å². The van der Waals surface area contributed by atoms with Gasteiger partial charge in [0.1, 0.15) is 11.6 Å². The predicted molar refractivity (Wildman–Crippen MR) is 152 cm³/mol. The normalized spacial score (nSPS) is 18.0. The lowest BCUT2D eigenvalue weighted by molar-refractivity contribution is -0.119. The summed E-state index contributed by atoms with van der Waals surface area (Å²) >= 11 is 0. The minimum atomic E-state index is -0.312. The minimum Gasteiger partial charge on any atom is -0.369 e. The average Bonchev–Trinajstić information content (AvgIpc) is 3.31. The van der Waals surface area contributed by atoms with Gasteiger partial charge in [-0.2, -0.15) is 0 Å². The van der Waals surface area contributed by atoms with Crippen molar-refractivity contribution in [1.82, 2.24) is 19.9 Å². The van der Waals surface area contributed by atoms with Crippen LogP contribution in [0.3, 0.4) is 0 Å². The van der Waals surface area contributed by atoms with Crippen LogP contribution >= 0.6 is 0 Å². The molecule has 6 rings (SSSR count). The van der Waals surface area contributed by atoms with E-state index >= 15 is 0 Å². The van der Waals surface area contributed by atoms with Crippen LogP contribution in [0.15, 0.2) is 42.6 Å². The van der Waals surface area contributed by atoms with Crippen LogP contribution in [-0.2, 0) is 17.8 Å². The van der Waals surface area contributed by atoms with Gasteiger partial charge in [-0.05, 0) is 44.5 Å². The highest BCUT2D eigenvalue weighted by Gasteiger charge is 2.31. The van der Waals surface area contributed by atoms with Crippen molar-refractivity contribution in [3.63, 3.8) is 0 Å². The van der Waals surface area contributed by atoms with E-state index in [1.807, 2.05) is 25.3 Å². The van der Waals surface area contributed by atoms with Crippen molar-refractivity contribution in [2.45, 2.75) is 39.8 Å². The lowest BCUT2D eigenvalue weighted by Crippen LogP contribution is -2.54. The van der Waals surface area contributed by atoms with Gasteiger partial charge in [-0.3, -0.25) is 9.69 Å². The Bertz CT molecular complexity index is 1560. The SMILES string of the molecule is Cc1c(F)cccc1N1CCc2nc(-c3cccc4[nH]cc(C)c34)nc(N3CCN(CC(N)=O)[C@H](C)C3)c2C1. The Balaban J connectivity index is 1.44. The van der Waals surface area contributed by atoms with Gasteiger partial charge in [0.05, 0.1) is 12.2 Å². The Hall–Kier alpha value is -3.98. The molecule has 2 aromatic heterocycles. The number of aryl methyl sites for hydroxylation is 1. The molecule has 3 N–H and O–H groups in total. The van der Waals surface area contributed by atoms with E-state index in [0.717, 1.165) is 83.2 Å². The van der Waals surface area contributed by atoms with E-state index in [4.69, 9.17) is 15.7 Å². The van der Waals surface area contributed by atoms with Gasteiger partial charge in [0.2, 0.25) is 5.91 Å². The number of benzene rings is 2.